The van der Waals surface area contributed by atoms with Crippen molar-refractivity contribution in [3.05, 3.63) is 59.8 Å². The minimum absolute atomic E-state index is 0.318. The lowest BCUT2D eigenvalue weighted by molar-refractivity contribution is 0.864. The van der Waals surface area contributed by atoms with Gasteiger partial charge in [-0.05, 0) is 36.4 Å². The number of hydrogen-bond donors (Lipinski definition) is 4. The first kappa shape index (κ1) is 12.5. The number of H-pyrrole nitrogens is 2. The highest BCUT2D eigenvalue weighted by Gasteiger charge is 2.06. The molecule has 0 saturated carbocycles. The number of halogens is 1. The van der Waals surface area contributed by atoms with Crippen molar-refractivity contribution in [2.45, 2.75) is 5.38 Å². The zero-order valence-corrected chi connectivity index (χ0v) is 10.5. The van der Waals surface area contributed by atoms with Gasteiger partial charge in [-0.3, -0.25) is 5.84 Å². The maximum Gasteiger partial charge on any atom is 0.0930 e. The molecule has 2 heterocycles. The van der Waals surface area contributed by atoms with Crippen LogP contribution in [0.2, 0.25) is 0 Å². The third-order valence-electron chi connectivity index (χ3n) is 2.46. The number of nitrogens with one attached hydrogen (secondary N) is 3. The highest BCUT2D eigenvalue weighted by molar-refractivity contribution is 6.24. The second kappa shape index (κ2) is 6.14. The fourth-order valence-electron chi connectivity index (χ4n) is 1.54. The Labute approximate surface area is 111 Å². The summed E-state index contributed by atoms with van der Waals surface area (Å²) in [6.45, 7) is 0. The van der Waals surface area contributed by atoms with Gasteiger partial charge in [0.05, 0.1) is 5.38 Å². The molecule has 0 spiro atoms. The zero-order chi connectivity index (χ0) is 12.8. The van der Waals surface area contributed by atoms with Crippen LogP contribution < -0.4 is 11.3 Å². The molecular formula is C13H15ClN4. The first-order chi connectivity index (χ1) is 8.79. The molecule has 0 amide bonds. The first-order valence-electron chi connectivity index (χ1n) is 5.57. The Morgan fingerprint density at radius 2 is 1.89 bits per heavy atom. The molecule has 0 saturated heterocycles. The quantitative estimate of drug-likeness (QED) is 0.380. The van der Waals surface area contributed by atoms with Crippen molar-refractivity contribution < 1.29 is 0 Å². The van der Waals surface area contributed by atoms with E-state index >= 15 is 0 Å². The highest BCUT2D eigenvalue weighted by Crippen LogP contribution is 2.13. The lowest BCUT2D eigenvalue weighted by atomic mass is 10.2. The molecule has 0 aliphatic rings. The van der Waals surface area contributed by atoms with Crippen LogP contribution in [0.15, 0.2) is 48.4 Å². The summed E-state index contributed by atoms with van der Waals surface area (Å²) in [5.74, 6) is 5.48. The molecule has 2 aromatic heterocycles. The Hall–Kier alpha value is -1.91. The number of rotatable bonds is 5. The van der Waals surface area contributed by atoms with E-state index in [-0.39, 0.29) is 5.38 Å². The minimum Gasteiger partial charge on any atom is -0.362 e. The standard InChI is InChI=1S/C13H15ClN4/c14-12(6-5-10-3-1-7-16-10)13(18-15)9-11-4-2-8-17-11/h1-9,12,16-18H,15H2. The molecule has 94 valence electrons. The van der Waals surface area contributed by atoms with Gasteiger partial charge < -0.3 is 15.4 Å². The molecule has 0 fully saturated rings. The van der Waals surface area contributed by atoms with Crippen LogP contribution in [0.3, 0.4) is 0 Å². The Morgan fingerprint density at radius 3 is 2.44 bits per heavy atom. The number of alkyl halides is 1. The van der Waals surface area contributed by atoms with Crippen molar-refractivity contribution in [2.24, 2.45) is 5.84 Å². The van der Waals surface area contributed by atoms with E-state index in [1.54, 1.807) is 0 Å². The Balaban J connectivity index is 2.08. The summed E-state index contributed by atoms with van der Waals surface area (Å²) in [5, 5.41) is -0.318. The third kappa shape index (κ3) is 3.29. The van der Waals surface area contributed by atoms with Gasteiger partial charge in [0, 0.05) is 29.5 Å². The maximum absolute atomic E-state index is 6.26. The van der Waals surface area contributed by atoms with E-state index in [1.165, 1.54) is 0 Å². The van der Waals surface area contributed by atoms with Crippen molar-refractivity contribution in [1.82, 2.24) is 15.4 Å². The van der Waals surface area contributed by atoms with Gasteiger partial charge in [0.15, 0.2) is 0 Å². The maximum atomic E-state index is 6.26. The number of nitrogens with two attached hydrogens (primary N) is 1. The van der Waals surface area contributed by atoms with Gasteiger partial charge in [-0.2, -0.15) is 0 Å². The summed E-state index contributed by atoms with van der Waals surface area (Å²) >= 11 is 6.26. The van der Waals surface area contributed by atoms with Gasteiger partial charge in [-0.15, -0.1) is 11.6 Å². The molecule has 0 aliphatic heterocycles. The molecule has 0 aliphatic carbocycles. The lowest BCUT2D eigenvalue weighted by Crippen LogP contribution is -2.26. The Kier molecular flexibility index (Phi) is 4.28. The smallest absolute Gasteiger partial charge is 0.0930 e. The Morgan fingerprint density at radius 1 is 1.22 bits per heavy atom. The summed E-state index contributed by atoms with van der Waals surface area (Å²) in [6, 6.07) is 7.75. The summed E-state index contributed by atoms with van der Waals surface area (Å²) in [5.41, 5.74) is 5.29. The van der Waals surface area contributed by atoms with E-state index < -0.39 is 0 Å². The molecular weight excluding hydrogens is 248 g/mol. The van der Waals surface area contributed by atoms with E-state index in [4.69, 9.17) is 17.4 Å². The molecule has 2 aromatic rings. The van der Waals surface area contributed by atoms with Crippen LogP contribution in [0.1, 0.15) is 11.4 Å². The van der Waals surface area contributed by atoms with E-state index in [9.17, 15) is 0 Å². The van der Waals surface area contributed by atoms with Crippen LogP contribution in [0, 0.1) is 0 Å². The van der Waals surface area contributed by atoms with Crippen LogP contribution in [0.25, 0.3) is 12.2 Å². The number of allylic oxidation sites excluding steroid dienone is 1. The molecule has 5 N–H and O–H groups in total. The fourth-order valence-corrected chi connectivity index (χ4v) is 1.74. The first-order valence-corrected chi connectivity index (χ1v) is 6.00. The fraction of sp³-hybridized carbons (Fsp3) is 0.0769. The van der Waals surface area contributed by atoms with Gasteiger partial charge in [0.2, 0.25) is 0 Å². The summed E-state index contributed by atoms with van der Waals surface area (Å²) < 4.78 is 0. The molecule has 4 nitrogen and oxygen atoms in total. The van der Waals surface area contributed by atoms with E-state index in [0.29, 0.717) is 0 Å². The molecule has 2 rings (SSSR count). The largest absolute Gasteiger partial charge is 0.362 e. The van der Waals surface area contributed by atoms with Gasteiger partial charge in [0.1, 0.15) is 0 Å². The normalized spacial score (nSPS) is 14.0. The van der Waals surface area contributed by atoms with Gasteiger partial charge >= 0.3 is 0 Å². The summed E-state index contributed by atoms with van der Waals surface area (Å²) in [6.07, 6.45) is 9.36. The monoisotopic (exact) mass is 262 g/mol. The third-order valence-corrected chi connectivity index (χ3v) is 2.84. The summed E-state index contributed by atoms with van der Waals surface area (Å²) in [4.78, 5) is 6.14. The van der Waals surface area contributed by atoms with Crippen molar-refractivity contribution in [3.63, 3.8) is 0 Å². The Bertz CT molecular complexity index is 511. The van der Waals surface area contributed by atoms with Crippen LogP contribution in [-0.2, 0) is 0 Å². The molecule has 1 unspecified atom stereocenters. The van der Waals surface area contributed by atoms with Gasteiger partial charge in [-0.25, -0.2) is 0 Å². The summed E-state index contributed by atoms with van der Waals surface area (Å²) in [7, 11) is 0. The van der Waals surface area contributed by atoms with Crippen LogP contribution in [0.5, 0.6) is 0 Å². The predicted molar refractivity (Wildman–Crippen MR) is 75.6 cm³/mol. The topological polar surface area (TPSA) is 69.6 Å². The highest BCUT2D eigenvalue weighted by atomic mass is 35.5. The average Bonchev–Trinajstić information content (AvgIpc) is 3.06. The average molecular weight is 263 g/mol. The number of aromatic nitrogens is 2. The SMILES string of the molecule is NNC(=Cc1ccc[nH]1)C(Cl)C=Cc1ccc[nH]1. The van der Waals surface area contributed by atoms with Gasteiger partial charge in [-0.1, -0.05) is 6.08 Å². The molecule has 0 bridgehead atoms. The van der Waals surface area contributed by atoms with E-state index in [0.717, 1.165) is 17.1 Å². The van der Waals surface area contributed by atoms with Crippen molar-refractivity contribution in [3.8, 4) is 0 Å². The number of hydrogen-bond acceptors (Lipinski definition) is 2. The predicted octanol–water partition coefficient (Wildman–Crippen LogP) is 2.47. The second-order valence-electron chi connectivity index (χ2n) is 3.76. The number of hydrazine groups is 1. The van der Waals surface area contributed by atoms with Crippen molar-refractivity contribution in [1.29, 1.82) is 0 Å². The molecule has 18 heavy (non-hydrogen) atoms. The lowest BCUT2D eigenvalue weighted by Gasteiger charge is -2.09. The van der Waals surface area contributed by atoms with Crippen LogP contribution in [0.4, 0.5) is 0 Å². The second-order valence-corrected chi connectivity index (χ2v) is 4.23. The van der Waals surface area contributed by atoms with Crippen LogP contribution in [-0.4, -0.2) is 15.3 Å². The van der Waals surface area contributed by atoms with E-state index in [1.807, 2.05) is 54.9 Å². The zero-order valence-electron chi connectivity index (χ0n) is 9.73. The van der Waals surface area contributed by atoms with Crippen LogP contribution >= 0.6 is 11.6 Å². The molecule has 0 aromatic carbocycles. The molecule has 0 radical (unpaired) electrons. The number of aromatic amines is 2. The van der Waals surface area contributed by atoms with E-state index in [2.05, 4.69) is 15.4 Å². The van der Waals surface area contributed by atoms with Gasteiger partial charge in [0.25, 0.3) is 0 Å². The minimum atomic E-state index is -0.318. The molecule has 5 heteroatoms. The van der Waals surface area contributed by atoms with Crippen molar-refractivity contribution >= 4 is 23.8 Å². The van der Waals surface area contributed by atoms with Crippen molar-refractivity contribution in [2.75, 3.05) is 0 Å². The molecule has 1 atom stereocenters.